The fraction of sp³-hybridized carbons (Fsp3) is 0.435. The summed E-state index contributed by atoms with van der Waals surface area (Å²) in [7, 11) is -2.95. The van der Waals surface area contributed by atoms with Gasteiger partial charge in [-0.2, -0.15) is 8.42 Å². The summed E-state index contributed by atoms with van der Waals surface area (Å²) in [6, 6.07) is 7.95. The molecule has 0 aliphatic heterocycles. The highest BCUT2D eigenvalue weighted by molar-refractivity contribution is 14.1. The minimum absolute atomic E-state index is 0.130. The minimum atomic E-state index is -4.19. The summed E-state index contributed by atoms with van der Waals surface area (Å²) in [4.78, 5) is 12.3. The molecule has 0 aliphatic rings. The van der Waals surface area contributed by atoms with E-state index in [1.165, 1.54) is 7.11 Å². The lowest BCUT2D eigenvalue weighted by Gasteiger charge is -2.22. The molecule has 0 saturated carbocycles. The van der Waals surface area contributed by atoms with E-state index in [0.29, 0.717) is 17.5 Å². The maximum atomic E-state index is 13.4. The number of rotatable bonds is 8. The topological polar surface area (TPSA) is 69.7 Å². The first kappa shape index (κ1) is 24.8. The molecule has 1 atom stereocenters. The van der Waals surface area contributed by atoms with Crippen molar-refractivity contribution in [1.82, 2.24) is 0 Å². The number of carbonyl (C=O) groups is 1. The first-order chi connectivity index (χ1) is 14.0. The van der Waals surface area contributed by atoms with E-state index < -0.39 is 22.2 Å². The number of methoxy groups -OCH3 is 1. The Morgan fingerprint density at radius 2 is 1.73 bits per heavy atom. The van der Waals surface area contributed by atoms with Crippen LogP contribution in [-0.4, -0.2) is 27.6 Å². The van der Waals surface area contributed by atoms with Gasteiger partial charge in [-0.3, -0.25) is 4.18 Å². The van der Waals surface area contributed by atoms with Gasteiger partial charge in [-0.15, -0.1) is 0 Å². The average Bonchev–Trinajstić information content (AvgIpc) is 2.68. The van der Waals surface area contributed by atoms with E-state index in [2.05, 4.69) is 22.6 Å². The summed E-state index contributed by atoms with van der Waals surface area (Å²) in [5, 5.41) is 0. The molecule has 5 nitrogen and oxygen atoms in total. The molecule has 0 spiro atoms. The SMILES string of the molecule is CCCCC(OS(=O)(=O)c1c(C)c(C)c(C)c(-c2cccc(I)c2)c1C)C(=O)OC. The first-order valence-corrected chi connectivity index (χ1v) is 12.4. The van der Waals surface area contributed by atoms with Crippen LogP contribution in [0.3, 0.4) is 0 Å². The Balaban J connectivity index is 2.66. The first-order valence-electron chi connectivity index (χ1n) is 9.92. The van der Waals surface area contributed by atoms with Gasteiger partial charge in [-0.1, -0.05) is 31.9 Å². The molecule has 0 aromatic heterocycles. The Hall–Kier alpha value is -1.45. The molecule has 0 saturated heterocycles. The second-order valence-corrected chi connectivity index (χ2v) is 10.2. The van der Waals surface area contributed by atoms with Gasteiger partial charge in [-0.25, -0.2) is 4.79 Å². The molecule has 2 rings (SSSR count). The van der Waals surface area contributed by atoms with E-state index in [-0.39, 0.29) is 11.3 Å². The van der Waals surface area contributed by atoms with Crippen molar-refractivity contribution in [3.63, 3.8) is 0 Å². The molecule has 0 N–H and O–H groups in total. The van der Waals surface area contributed by atoms with Gasteiger partial charge in [0.2, 0.25) is 0 Å². The summed E-state index contributed by atoms with van der Waals surface area (Å²) in [5.74, 6) is -0.677. The van der Waals surface area contributed by atoms with E-state index >= 15 is 0 Å². The summed E-state index contributed by atoms with van der Waals surface area (Å²) in [6.07, 6.45) is 0.611. The van der Waals surface area contributed by atoms with Gasteiger partial charge in [-0.05, 0) is 102 Å². The van der Waals surface area contributed by atoms with E-state index in [0.717, 1.165) is 32.2 Å². The lowest BCUT2D eigenvalue weighted by molar-refractivity contribution is -0.149. The van der Waals surface area contributed by atoms with Crippen molar-refractivity contribution in [2.75, 3.05) is 7.11 Å². The number of benzene rings is 2. The lowest BCUT2D eigenvalue weighted by atomic mass is 9.90. The van der Waals surface area contributed by atoms with Gasteiger partial charge in [0.1, 0.15) is 4.90 Å². The van der Waals surface area contributed by atoms with Crippen LogP contribution < -0.4 is 0 Å². The number of hydrogen-bond acceptors (Lipinski definition) is 5. The van der Waals surface area contributed by atoms with Crippen molar-refractivity contribution >= 4 is 38.7 Å². The second-order valence-electron chi connectivity index (χ2n) is 7.42. The predicted molar refractivity (Wildman–Crippen MR) is 127 cm³/mol. The summed E-state index contributed by atoms with van der Waals surface area (Å²) in [6.45, 7) is 9.46. The summed E-state index contributed by atoms with van der Waals surface area (Å²) < 4.78 is 38.0. The molecule has 7 heteroatoms. The van der Waals surface area contributed by atoms with Crippen LogP contribution >= 0.6 is 22.6 Å². The predicted octanol–water partition coefficient (Wildman–Crippen LogP) is 5.63. The van der Waals surface area contributed by atoms with Crippen LogP contribution in [0, 0.1) is 31.3 Å². The van der Waals surface area contributed by atoms with Crippen molar-refractivity contribution in [2.24, 2.45) is 0 Å². The van der Waals surface area contributed by atoms with Crippen LogP contribution in [0.5, 0.6) is 0 Å². The molecule has 0 aliphatic carbocycles. The zero-order valence-corrected chi connectivity index (χ0v) is 21.3. The Bertz CT molecular complexity index is 1040. The van der Waals surface area contributed by atoms with E-state index in [1.54, 1.807) is 13.8 Å². The minimum Gasteiger partial charge on any atom is -0.467 e. The molecule has 0 fully saturated rings. The highest BCUT2D eigenvalue weighted by Crippen LogP contribution is 2.38. The fourth-order valence-corrected chi connectivity index (χ4v) is 5.82. The normalized spacial score (nSPS) is 12.6. The number of unbranched alkanes of at least 4 members (excludes halogenated alkanes) is 1. The molecule has 0 amide bonds. The van der Waals surface area contributed by atoms with Crippen LogP contribution in [-0.2, 0) is 23.8 Å². The largest absolute Gasteiger partial charge is 0.467 e. The van der Waals surface area contributed by atoms with Crippen LogP contribution in [0.4, 0.5) is 0 Å². The van der Waals surface area contributed by atoms with Gasteiger partial charge >= 0.3 is 5.97 Å². The molecular weight excluding hydrogens is 515 g/mol. The van der Waals surface area contributed by atoms with Crippen LogP contribution in [0.15, 0.2) is 29.2 Å². The van der Waals surface area contributed by atoms with Crippen molar-refractivity contribution in [3.8, 4) is 11.1 Å². The number of ether oxygens (including phenoxy) is 1. The smallest absolute Gasteiger partial charge is 0.336 e. The summed E-state index contributed by atoms with van der Waals surface area (Å²) in [5.41, 5.74) is 5.00. The Labute approximate surface area is 193 Å². The van der Waals surface area contributed by atoms with E-state index in [1.807, 2.05) is 45.0 Å². The molecule has 0 bridgehead atoms. The number of esters is 1. The van der Waals surface area contributed by atoms with Crippen molar-refractivity contribution < 1.29 is 22.1 Å². The van der Waals surface area contributed by atoms with Gasteiger partial charge in [0.15, 0.2) is 6.10 Å². The molecule has 0 radical (unpaired) electrons. The Morgan fingerprint density at radius 1 is 1.07 bits per heavy atom. The van der Waals surface area contributed by atoms with Gasteiger partial charge in [0, 0.05) is 3.57 Å². The summed E-state index contributed by atoms with van der Waals surface area (Å²) >= 11 is 2.24. The van der Waals surface area contributed by atoms with E-state index in [4.69, 9.17) is 8.92 Å². The van der Waals surface area contributed by atoms with Crippen LogP contribution in [0.25, 0.3) is 11.1 Å². The van der Waals surface area contributed by atoms with Crippen molar-refractivity contribution in [3.05, 3.63) is 50.1 Å². The number of carbonyl (C=O) groups excluding carboxylic acids is 1. The molecule has 0 heterocycles. The van der Waals surface area contributed by atoms with Crippen LogP contribution in [0.2, 0.25) is 0 Å². The lowest BCUT2D eigenvalue weighted by Crippen LogP contribution is -2.29. The molecule has 1 unspecified atom stereocenters. The second kappa shape index (κ2) is 10.2. The van der Waals surface area contributed by atoms with E-state index in [9.17, 15) is 13.2 Å². The monoisotopic (exact) mass is 544 g/mol. The zero-order chi connectivity index (χ0) is 22.6. The number of halogens is 1. The Morgan fingerprint density at radius 3 is 2.30 bits per heavy atom. The highest BCUT2D eigenvalue weighted by Gasteiger charge is 2.32. The third kappa shape index (κ3) is 5.23. The highest BCUT2D eigenvalue weighted by atomic mass is 127. The Kier molecular flexibility index (Phi) is 8.47. The molecule has 2 aromatic rings. The molecular formula is C23H29IO5S. The zero-order valence-electron chi connectivity index (χ0n) is 18.3. The number of hydrogen-bond donors (Lipinski definition) is 0. The molecule has 164 valence electrons. The van der Waals surface area contributed by atoms with Crippen LogP contribution in [0.1, 0.15) is 48.4 Å². The third-order valence-electron chi connectivity index (χ3n) is 5.45. The van der Waals surface area contributed by atoms with Crippen molar-refractivity contribution in [1.29, 1.82) is 0 Å². The van der Waals surface area contributed by atoms with Crippen molar-refractivity contribution in [2.45, 2.75) is 64.9 Å². The molecule has 2 aromatic carbocycles. The third-order valence-corrected chi connectivity index (χ3v) is 7.72. The quantitative estimate of drug-likeness (QED) is 0.245. The maximum absolute atomic E-state index is 13.4. The average molecular weight is 544 g/mol. The van der Waals surface area contributed by atoms with Gasteiger partial charge in [0.05, 0.1) is 7.11 Å². The van der Waals surface area contributed by atoms with Gasteiger partial charge < -0.3 is 4.74 Å². The maximum Gasteiger partial charge on any atom is 0.336 e. The van der Waals surface area contributed by atoms with Gasteiger partial charge in [0.25, 0.3) is 10.1 Å². The fourth-order valence-electron chi connectivity index (χ4n) is 3.69. The molecule has 30 heavy (non-hydrogen) atoms. The standard InChI is InChI=1S/C23H29IO5S/c1-7-8-12-20(23(25)28-6)29-30(26,27)22-16(4)14(2)15(3)21(17(22)5)18-10-9-11-19(24)13-18/h9-11,13,20H,7-8,12H2,1-6H3.